The third kappa shape index (κ3) is 7.53. The molecule has 27 heavy (non-hydrogen) atoms. The van der Waals surface area contributed by atoms with Gasteiger partial charge in [-0.1, -0.05) is 18.2 Å². The predicted octanol–water partition coefficient (Wildman–Crippen LogP) is 3.91. The van der Waals surface area contributed by atoms with Gasteiger partial charge in [0.25, 0.3) is 5.91 Å². The van der Waals surface area contributed by atoms with Crippen molar-refractivity contribution < 1.29 is 32.2 Å². The quantitative estimate of drug-likeness (QED) is 0.566. The van der Waals surface area contributed by atoms with Crippen molar-refractivity contribution in [2.24, 2.45) is 0 Å². The van der Waals surface area contributed by atoms with Gasteiger partial charge in [0, 0.05) is 11.0 Å². The highest BCUT2D eigenvalue weighted by molar-refractivity contribution is 7.09. The molecule has 1 aromatic heterocycles. The molecule has 1 N–H and O–H groups in total. The molecule has 9 heteroatoms. The SMILES string of the molecule is C[C@@H](OC(=O)/C=C/c1ccc(OC(F)(F)F)cc1)C(=O)NCc1cccs1. The maximum atomic E-state index is 12.1. The molecule has 0 saturated heterocycles. The van der Waals surface area contributed by atoms with Gasteiger partial charge in [-0.2, -0.15) is 0 Å². The van der Waals surface area contributed by atoms with Crippen LogP contribution in [0.5, 0.6) is 5.75 Å². The van der Waals surface area contributed by atoms with Crippen LogP contribution in [0, 0.1) is 0 Å². The van der Waals surface area contributed by atoms with E-state index in [0.29, 0.717) is 12.1 Å². The van der Waals surface area contributed by atoms with Crippen LogP contribution in [0.2, 0.25) is 0 Å². The van der Waals surface area contributed by atoms with Crippen LogP contribution in [0.3, 0.4) is 0 Å². The third-order valence-electron chi connectivity index (χ3n) is 3.20. The minimum Gasteiger partial charge on any atom is -0.449 e. The summed E-state index contributed by atoms with van der Waals surface area (Å²) in [6.07, 6.45) is -3.30. The molecule has 0 aliphatic carbocycles. The van der Waals surface area contributed by atoms with E-state index in [-0.39, 0.29) is 5.75 Å². The zero-order valence-electron chi connectivity index (χ0n) is 14.2. The molecule has 0 fully saturated rings. The monoisotopic (exact) mass is 399 g/mol. The fraction of sp³-hybridized carbons (Fsp3) is 0.222. The Bertz CT molecular complexity index is 786. The minimum atomic E-state index is -4.76. The summed E-state index contributed by atoms with van der Waals surface area (Å²) in [6.45, 7) is 1.79. The second kappa shape index (κ2) is 9.22. The van der Waals surface area contributed by atoms with Gasteiger partial charge >= 0.3 is 12.3 Å². The average molecular weight is 399 g/mol. The topological polar surface area (TPSA) is 64.6 Å². The van der Waals surface area contributed by atoms with Gasteiger partial charge < -0.3 is 14.8 Å². The number of ether oxygens (including phenoxy) is 2. The maximum absolute atomic E-state index is 12.1. The number of carbonyl (C=O) groups is 2. The Morgan fingerprint density at radius 2 is 1.93 bits per heavy atom. The molecule has 0 radical (unpaired) electrons. The summed E-state index contributed by atoms with van der Waals surface area (Å²) in [4.78, 5) is 24.6. The lowest BCUT2D eigenvalue weighted by molar-refractivity contribution is -0.274. The number of thiophene rings is 1. The molecule has 2 aromatic rings. The minimum absolute atomic E-state index is 0.348. The highest BCUT2D eigenvalue weighted by Gasteiger charge is 2.30. The van der Waals surface area contributed by atoms with E-state index in [1.54, 1.807) is 0 Å². The van der Waals surface area contributed by atoms with Crippen molar-refractivity contribution in [2.45, 2.75) is 25.9 Å². The Kier molecular flexibility index (Phi) is 7.00. The lowest BCUT2D eigenvalue weighted by Gasteiger charge is -2.11. The van der Waals surface area contributed by atoms with Gasteiger partial charge in [0.05, 0.1) is 6.54 Å². The lowest BCUT2D eigenvalue weighted by atomic mass is 10.2. The number of rotatable bonds is 7. The molecule has 0 aliphatic heterocycles. The number of alkyl halides is 3. The summed E-state index contributed by atoms with van der Waals surface area (Å²) in [5.74, 6) is -1.54. The van der Waals surface area contributed by atoms with Gasteiger partial charge in [-0.05, 0) is 42.1 Å². The Hall–Kier alpha value is -2.81. The van der Waals surface area contributed by atoms with E-state index in [2.05, 4.69) is 10.1 Å². The standard InChI is InChI=1S/C18H16F3NO4S/c1-12(17(24)22-11-15-3-2-10-27-15)25-16(23)9-6-13-4-7-14(8-5-13)26-18(19,20)21/h2-10,12H,11H2,1H3,(H,22,24)/b9-6+/t12-/m1/s1. The van der Waals surface area contributed by atoms with Gasteiger partial charge in [0.2, 0.25) is 0 Å². The number of benzene rings is 1. The number of amides is 1. The largest absolute Gasteiger partial charge is 0.573 e. The summed E-state index contributed by atoms with van der Waals surface area (Å²) in [6, 6.07) is 8.68. The Balaban J connectivity index is 1.80. The molecule has 2 rings (SSSR count). The van der Waals surface area contributed by atoms with Crippen LogP contribution in [-0.2, 0) is 20.9 Å². The van der Waals surface area contributed by atoms with Crippen LogP contribution < -0.4 is 10.1 Å². The van der Waals surface area contributed by atoms with Gasteiger partial charge in [0.1, 0.15) is 5.75 Å². The van der Waals surface area contributed by atoms with Crippen LogP contribution >= 0.6 is 11.3 Å². The highest BCUT2D eigenvalue weighted by atomic mass is 32.1. The molecule has 0 saturated carbocycles. The fourth-order valence-electron chi connectivity index (χ4n) is 1.94. The zero-order chi connectivity index (χ0) is 19.9. The van der Waals surface area contributed by atoms with Gasteiger partial charge in [-0.25, -0.2) is 4.79 Å². The summed E-state index contributed by atoms with van der Waals surface area (Å²) < 4.78 is 45.0. The predicted molar refractivity (Wildman–Crippen MR) is 93.9 cm³/mol. The second-order valence-electron chi connectivity index (χ2n) is 5.33. The molecule has 0 spiro atoms. The van der Waals surface area contributed by atoms with Crippen LogP contribution in [0.15, 0.2) is 47.9 Å². The van der Waals surface area contributed by atoms with Crippen molar-refractivity contribution in [3.05, 3.63) is 58.3 Å². The molecular formula is C18H16F3NO4S. The Morgan fingerprint density at radius 3 is 2.52 bits per heavy atom. The van der Waals surface area contributed by atoms with Crippen molar-refractivity contribution in [3.63, 3.8) is 0 Å². The lowest BCUT2D eigenvalue weighted by Crippen LogP contribution is -2.34. The number of nitrogens with one attached hydrogen (secondary N) is 1. The van der Waals surface area contributed by atoms with Crippen molar-refractivity contribution in [1.29, 1.82) is 0 Å². The molecule has 144 valence electrons. The molecule has 1 aromatic carbocycles. The number of halogens is 3. The van der Waals surface area contributed by atoms with Crippen molar-refractivity contribution >= 4 is 29.3 Å². The van der Waals surface area contributed by atoms with E-state index in [0.717, 1.165) is 23.1 Å². The van der Waals surface area contributed by atoms with Crippen molar-refractivity contribution in [1.82, 2.24) is 5.32 Å². The first-order valence-corrected chi connectivity index (χ1v) is 8.65. The van der Waals surface area contributed by atoms with Crippen molar-refractivity contribution in [3.8, 4) is 5.75 Å². The van der Waals surface area contributed by atoms with E-state index in [1.165, 1.54) is 36.5 Å². The molecule has 5 nitrogen and oxygen atoms in total. The second-order valence-corrected chi connectivity index (χ2v) is 6.36. The van der Waals surface area contributed by atoms with E-state index >= 15 is 0 Å². The van der Waals surface area contributed by atoms with E-state index in [1.807, 2.05) is 17.5 Å². The molecular weight excluding hydrogens is 383 g/mol. The van der Waals surface area contributed by atoms with Crippen LogP contribution in [-0.4, -0.2) is 24.3 Å². The Labute approximate surface area is 157 Å². The zero-order valence-corrected chi connectivity index (χ0v) is 15.0. The molecule has 0 unspecified atom stereocenters. The van der Waals surface area contributed by atoms with Crippen LogP contribution in [0.4, 0.5) is 13.2 Å². The molecule has 1 atom stereocenters. The van der Waals surface area contributed by atoms with Gasteiger partial charge in [-0.15, -0.1) is 24.5 Å². The van der Waals surface area contributed by atoms with Crippen LogP contribution in [0.1, 0.15) is 17.4 Å². The van der Waals surface area contributed by atoms with Gasteiger partial charge in [-0.3, -0.25) is 4.79 Å². The number of hydrogen-bond acceptors (Lipinski definition) is 5. The highest BCUT2D eigenvalue weighted by Crippen LogP contribution is 2.23. The first-order chi connectivity index (χ1) is 12.7. The summed E-state index contributed by atoms with van der Waals surface area (Å²) in [5.41, 5.74) is 0.469. The summed E-state index contributed by atoms with van der Waals surface area (Å²) in [7, 11) is 0. The van der Waals surface area contributed by atoms with Crippen LogP contribution in [0.25, 0.3) is 6.08 Å². The fourth-order valence-corrected chi connectivity index (χ4v) is 2.59. The molecule has 0 aliphatic rings. The van der Waals surface area contributed by atoms with Gasteiger partial charge in [0.15, 0.2) is 6.10 Å². The van der Waals surface area contributed by atoms with E-state index in [9.17, 15) is 22.8 Å². The maximum Gasteiger partial charge on any atom is 0.573 e. The van der Waals surface area contributed by atoms with Crippen molar-refractivity contribution in [2.75, 3.05) is 0 Å². The summed E-state index contributed by atoms with van der Waals surface area (Å²) >= 11 is 1.50. The number of carbonyl (C=O) groups excluding carboxylic acids is 2. The Morgan fingerprint density at radius 1 is 1.22 bits per heavy atom. The molecule has 1 heterocycles. The average Bonchev–Trinajstić information content (AvgIpc) is 3.11. The summed E-state index contributed by atoms with van der Waals surface area (Å²) in [5, 5.41) is 4.54. The third-order valence-corrected chi connectivity index (χ3v) is 4.08. The number of hydrogen-bond donors (Lipinski definition) is 1. The molecule has 0 bridgehead atoms. The molecule has 1 amide bonds. The van der Waals surface area contributed by atoms with E-state index in [4.69, 9.17) is 4.74 Å². The number of esters is 1. The smallest absolute Gasteiger partial charge is 0.449 e. The first kappa shape index (κ1) is 20.5. The first-order valence-electron chi connectivity index (χ1n) is 7.77. The normalized spacial score (nSPS) is 12.6. The van der Waals surface area contributed by atoms with E-state index < -0.39 is 24.3 Å².